The number of hydrogen-bond acceptors (Lipinski definition) is 4. The van der Waals surface area contributed by atoms with E-state index in [2.05, 4.69) is 27.0 Å². The number of anilines is 1. The molecule has 0 aliphatic heterocycles. The molecule has 3 rings (SSSR count). The number of para-hydroxylation sites is 1. The molecule has 3 aromatic rings. The molecule has 2 aromatic carbocycles. The fourth-order valence-electron chi connectivity index (χ4n) is 2.74. The molecule has 3 amide bonds. The van der Waals surface area contributed by atoms with Crippen LogP contribution in [0.3, 0.4) is 0 Å². The molecule has 0 bridgehead atoms. The topological polar surface area (TPSA) is 83.1 Å². The Morgan fingerprint density at radius 2 is 1.93 bits per heavy atom. The number of carbonyl (C=O) groups is 2. The zero-order chi connectivity index (χ0) is 19.9. The molecule has 3 N–H and O–H groups in total. The number of benzene rings is 2. The van der Waals surface area contributed by atoms with Gasteiger partial charge in [-0.3, -0.25) is 4.79 Å². The van der Waals surface area contributed by atoms with Crippen molar-refractivity contribution in [3.63, 3.8) is 0 Å². The normalized spacial score (nSPS) is 10.8. The van der Waals surface area contributed by atoms with E-state index in [9.17, 15) is 9.59 Å². The number of thiazole rings is 1. The molecule has 7 heteroatoms. The van der Waals surface area contributed by atoms with Gasteiger partial charge in [0, 0.05) is 30.3 Å². The third-order valence-corrected chi connectivity index (χ3v) is 5.09. The number of aromatic nitrogens is 1. The fraction of sp³-hybridized carbons (Fsp3) is 0.286. The minimum Gasteiger partial charge on any atom is -0.352 e. The van der Waals surface area contributed by atoms with Gasteiger partial charge >= 0.3 is 6.03 Å². The van der Waals surface area contributed by atoms with Crippen molar-refractivity contribution in [2.45, 2.75) is 32.7 Å². The van der Waals surface area contributed by atoms with Crippen LogP contribution in [-0.2, 0) is 6.42 Å². The van der Waals surface area contributed by atoms with Gasteiger partial charge in [0.05, 0.1) is 15.2 Å². The van der Waals surface area contributed by atoms with Gasteiger partial charge in [-0.2, -0.15) is 0 Å². The number of aryl methyl sites for hydroxylation is 1. The second kappa shape index (κ2) is 9.32. The molecule has 0 radical (unpaired) electrons. The van der Waals surface area contributed by atoms with Gasteiger partial charge in [0.2, 0.25) is 0 Å². The van der Waals surface area contributed by atoms with Crippen LogP contribution in [-0.4, -0.2) is 29.5 Å². The summed E-state index contributed by atoms with van der Waals surface area (Å²) in [6, 6.07) is 14.7. The van der Waals surface area contributed by atoms with Crippen LogP contribution >= 0.6 is 11.3 Å². The maximum absolute atomic E-state index is 12.4. The van der Waals surface area contributed by atoms with E-state index in [0.29, 0.717) is 17.8 Å². The van der Waals surface area contributed by atoms with Gasteiger partial charge in [-0.25, -0.2) is 9.78 Å². The highest BCUT2D eigenvalue weighted by atomic mass is 32.1. The van der Waals surface area contributed by atoms with Crippen molar-refractivity contribution in [2.24, 2.45) is 0 Å². The van der Waals surface area contributed by atoms with Crippen LogP contribution in [0.1, 0.15) is 35.6 Å². The molecular weight excluding hydrogens is 372 g/mol. The van der Waals surface area contributed by atoms with Crippen LogP contribution in [0.2, 0.25) is 0 Å². The Morgan fingerprint density at radius 1 is 1.11 bits per heavy atom. The summed E-state index contributed by atoms with van der Waals surface area (Å²) in [5.41, 5.74) is 2.12. The third kappa shape index (κ3) is 5.53. The van der Waals surface area contributed by atoms with E-state index in [1.54, 1.807) is 35.6 Å². The van der Waals surface area contributed by atoms with Gasteiger partial charge in [0.1, 0.15) is 0 Å². The first-order valence-corrected chi connectivity index (χ1v) is 10.1. The van der Waals surface area contributed by atoms with Crippen LogP contribution < -0.4 is 16.0 Å². The van der Waals surface area contributed by atoms with E-state index >= 15 is 0 Å². The second-order valence-corrected chi connectivity index (χ2v) is 7.88. The van der Waals surface area contributed by atoms with E-state index < -0.39 is 0 Å². The molecule has 0 saturated carbocycles. The molecule has 0 saturated heterocycles. The van der Waals surface area contributed by atoms with Gasteiger partial charge in [-0.1, -0.05) is 18.2 Å². The molecule has 0 unspecified atom stereocenters. The number of fused-ring (bicyclic) bond motifs is 1. The summed E-state index contributed by atoms with van der Waals surface area (Å²) in [4.78, 5) is 28.8. The highest BCUT2D eigenvalue weighted by Gasteiger charge is 2.09. The Bertz CT molecular complexity index is 935. The Kier molecular flexibility index (Phi) is 6.60. The second-order valence-electron chi connectivity index (χ2n) is 6.77. The van der Waals surface area contributed by atoms with E-state index in [-0.39, 0.29) is 18.0 Å². The SMILES string of the molecule is CC(C)NC(=O)Nc1cccc(C(=O)NCCCc2nc3ccccc3s2)c1. The summed E-state index contributed by atoms with van der Waals surface area (Å²) in [6.45, 7) is 4.34. The van der Waals surface area contributed by atoms with Crippen LogP contribution in [0.15, 0.2) is 48.5 Å². The first-order chi connectivity index (χ1) is 13.5. The van der Waals surface area contributed by atoms with Gasteiger partial charge in [-0.15, -0.1) is 11.3 Å². The highest BCUT2D eigenvalue weighted by molar-refractivity contribution is 7.18. The lowest BCUT2D eigenvalue weighted by Gasteiger charge is -2.11. The number of rotatable bonds is 7. The maximum Gasteiger partial charge on any atom is 0.319 e. The predicted molar refractivity (Wildman–Crippen MR) is 114 cm³/mol. The van der Waals surface area contributed by atoms with Crippen molar-refractivity contribution in [3.05, 3.63) is 59.1 Å². The standard InChI is InChI=1S/C21H24N4O2S/c1-14(2)23-21(27)24-16-8-5-7-15(13-16)20(26)22-12-6-11-19-25-17-9-3-4-10-18(17)28-19/h3-5,7-10,13-14H,6,11-12H2,1-2H3,(H,22,26)(H2,23,24,27). The lowest BCUT2D eigenvalue weighted by Crippen LogP contribution is -2.34. The average molecular weight is 397 g/mol. The molecule has 0 spiro atoms. The van der Waals surface area contributed by atoms with Gasteiger partial charge in [0.25, 0.3) is 5.91 Å². The first-order valence-electron chi connectivity index (χ1n) is 9.31. The monoisotopic (exact) mass is 396 g/mol. The molecule has 28 heavy (non-hydrogen) atoms. The zero-order valence-corrected chi connectivity index (χ0v) is 16.8. The minimum atomic E-state index is -0.289. The molecule has 0 fully saturated rings. The van der Waals surface area contributed by atoms with E-state index in [1.807, 2.05) is 32.0 Å². The fourth-order valence-corrected chi connectivity index (χ4v) is 3.75. The van der Waals surface area contributed by atoms with Crippen LogP contribution in [0, 0.1) is 0 Å². The molecule has 0 aliphatic carbocycles. The molecule has 1 heterocycles. The average Bonchev–Trinajstić information content (AvgIpc) is 3.07. The Labute approximate surface area is 168 Å². The van der Waals surface area contributed by atoms with E-state index in [4.69, 9.17) is 0 Å². The third-order valence-electron chi connectivity index (χ3n) is 3.99. The number of urea groups is 1. The lowest BCUT2D eigenvalue weighted by molar-refractivity contribution is 0.0953. The molecule has 6 nitrogen and oxygen atoms in total. The Balaban J connectivity index is 1.48. The molecule has 0 atom stereocenters. The van der Waals surface area contributed by atoms with Crippen LogP contribution in [0.25, 0.3) is 10.2 Å². The first kappa shape index (κ1) is 19.8. The van der Waals surface area contributed by atoms with Gasteiger partial charge in [-0.05, 0) is 50.6 Å². The van der Waals surface area contributed by atoms with Crippen molar-refractivity contribution >= 4 is 39.2 Å². The summed E-state index contributed by atoms with van der Waals surface area (Å²) >= 11 is 1.69. The maximum atomic E-state index is 12.4. The zero-order valence-electron chi connectivity index (χ0n) is 16.0. The van der Waals surface area contributed by atoms with Crippen LogP contribution in [0.5, 0.6) is 0 Å². The van der Waals surface area contributed by atoms with Crippen molar-refractivity contribution in [2.75, 3.05) is 11.9 Å². The lowest BCUT2D eigenvalue weighted by atomic mass is 10.2. The minimum absolute atomic E-state index is 0.0434. The van der Waals surface area contributed by atoms with Crippen LogP contribution in [0.4, 0.5) is 10.5 Å². The molecule has 0 aliphatic rings. The number of amides is 3. The Morgan fingerprint density at radius 3 is 2.71 bits per heavy atom. The van der Waals surface area contributed by atoms with Crippen molar-refractivity contribution in [1.29, 1.82) is 0 Å². The summed E-state index contributed by atoms with van der Waals surface area (Å²) in [5, 5.41) is 9.49. The largest absolute Gasteiger partial charge is 0.352 e. The molecule has 146 valence electrons. The number of hydrogen-bond donors (Lipinski definition) is 3. The quantitative estimate of drug-likeness (QED) is 0.524. The molecule has 1 aromatic heterocycles. The molecular formula is C21H24N4O2S. The predicted octanol–water partition coefficient (Wildman–Crippen LogP) is 4.19. The Hall–Kier alpha value is -2.93. The highest BCUT2D eigenvalue weighted by Crippen LogP contribution is 2.22. The van der Waals surface area contributed by atoms with Gasteiger partial charge < -0.3 is 16.0 Å². The smallest absolute Gasteiger partial charge is 0.319 e. The van der Waals surface area contributed by atoms with Crippen molar-refractivity contribution in [1.82, 2.24) is 15.6 Å². The van der Waals surface area contributed by atoms with Crippen molar-refractivity contribution in [3.8, 4) is 0 Å². The summed E-state index contributed by atoms with van der Waals surface area (Å²) in [6.07, 6.45) is 1.65. The number of carbonyl (C=O) groups excluding carboxylic acids is 2. The summed E-state index contributed by atoms with van der Waals surface area (Å²) in [5.74, 6) is -0.155. The summed E-state index contributed by atoms with van der Waals surface area (Å²) < 4.78 is 1.19. The summed E-state index contributed by atoms with van der Waals surface area (Å²) in [7, 11) is 0. The van der Waals surface area contributed by atoms with E-state index in [1.165, 1.54) is 4.70 Å². The number of nitrogens with one attached hydrogen (secondary N) is 3. The number of nitrogens with zero attached hydrogens (tertiary/aromatic N) is 1. The van der Waals surface area contributed by atoms with E-state index in [0.717, 1.165) is 23.4 Å². The van der Waals surface area contributed by atoms with Crippen molar-refractivity contribution < 1.29 is 9.59 Å². The van der Waals surface area contributed by atoms with Gasteiger partial charge in [0.15, 0.2) is 0 Å².